The Morgan fingerprint density at radius 2 is 1.75 bits per heavy atom. The van der Waals surface area contributed by atoms with Gasteiger partial charge in [0.25, 0.3) is 11.8 Å². The number of hydrogen-bond acceptors (Lipinski definition) is 4. The van der Waals surface area contributed by atoms with Gasteiger partial charge in [0.1, 0.15) is 0 Å². The molecule has 0 unspecified atom stereocenters. The van der Waals surface area contributed by atoms with E-state index < -0.39 is 5.97 Å². The van der Waals surface area contributed by atoms with Crippen LogP contribution >= 0.6 is 0 Å². The molecule has 84 valence electrons. The number of allylic oxidation sites excluding steroid dienone is 2. The summed E-state index contributed by atoms with van der Waals surface area (Å²) in [6.45, 7) is 1.18. The molecule has 5 heteroatoms. The van der Waals surface area contributed by atoms with Crippen LogP contribution in [0.3, 0.4) is 0 Å². The highest BCUT2D eigenvalue weighted by molar-refractivity contribution is 6.06. The first kappa shape index (κ1) is 9.57. The van der Waals surface area contributed by atoms with Gasteiger partial charge in [-0.15, -0.1) is 5.06 Å². The quantitative estimate of drug-likeness (QED) is 0.471. The topological polar surface area (TPSA) is 63.7 Å². The maximum atomic E-state index is 11.9. The Hall–Kier alpha value is -1.65. The van der Waals surface area contributed by atoms with Crippen LogP contribution in [-0.2, 0) is 19.2 Å². The number of fused-ring (bicyclic) bond motifs is 5. The zero-order valence-corrected chi connectivity index (χ0v) is 8.75. The molecule has 2 amide bonds. The highest BCUT2D eigenvalue weighted by Gasteiger charge is 2.60. The number of carbonyl (C=O) groups excluding carboxylic acids is 3. The van der Waals surface area contributed by atoms with Crippen LogP contribution in [0.15, 0.2) is 12.2 Å². The first-order chi connectivity index (χ1) is 7.59. The summed E-state index contributed by atoms with van der Waals surface area (Å²) in [4.78, 5) is 39.3. The number of hydroxylamine groups is 2. The zero-order valence-electron chi connectivity index (χ0n) is 8.75. The molecule has 0 N–H and O–H groups in total. The molecule has 1 saturated heterocycles. The Bertz CT molecular complexity index is 398. The van der Waals surface area contributed by atoms with E-state index in [1.54, 1.807) is 0 Å². The van der Waals surface area contributed by atoms with Gasteiger partial charge >= 0.3 is 5.97 Å². The molecule has 5 nitrogen and oxygen atoms in total. The molecule has 3 rings (SSSR count). The average molecular weight is 221 g/mol. The van der Waals surface area contributed by atoms with Gasteiger partial charge in [-0.05, 0) is 18.3 Å². The first-order valence-corrected chi connectivity index (χ1v) is 5.34. The molecule has 3 aliphatic rings. The van der Waals surface area contributed by atoms with Gasteiger partial charge in [0.05, 0.1) is 11.8 Å². The average Bonchev–Trinajstić information content (AvgIpc) is 2.87. The van der Waals surface area contributed by atoms with E-state index in [0.29, 0.717) is 5.06 Å². The van der Waals surface area contributed by atoms with Crippen molar-refractivity contribution >= 4 is 17.8 Å². The predicted molar refractivity (Wildman–Crippen MR) is 51.3 cm³/mol. The van der Waals surface area contributed by atoms with Crippen molar-refractivity contribution < 1.29 is 19.2 Å². The summed E-state index contributed by atoms with van der Waals surface area (Å²) in [5.41, 5.74) is 0. The highest BCUT2D eigenvalue weighted by Crippen LogP contribution is 2.52. The van der Waals surface area contributed by atoms with E-state index in [1.807, 2.05) is 12.2 Å². The van der Waals surface area contributed by atoms with Crippen molar-refractivity contribution in [2.24, 2.45) is 23.7 Å². The number of imide groups is 1. The van der Waals surface area contributed by atoms with Crippen LogP contribution in [0.25, 0.3) is 0 Å². The minimum atomic E-state index is -0.637. The van der Waals surface area contributed by atoms with Crippen molar-refractivity contribution in [2.75, 3.05) is 0 Å². The second-order valence-electron chi connectivity index (χ2n) is 4.55. The lowest BCUT2D eigenvalue weighted by Gasteiger charge is -2.14. The van der Waals surface area contributed by atoms with E-state index in [9.17, 15) is 14.4 Å². The minimum Gasteiger partial charge on any atom is -0.331 e. The van der Waals surface area contributed by atoms with Crippen molar-refractivity contribution in [3.63, 3.8) is 0 Å². The molecule has 4 atom stereocenters. The smallest absolute Gasteiger partial charge is 0.330 e. The van der Waals surface area contributed by atoms with E-state index in [2.05, 4.69) is 4.84 Å². The van der Waals surface area contributed by atoms with Crippen molar-refractivity contribution in [1.82, 2.24) is 5.06 Å². The van der Waals surface area contributed by atoms with Crippen LogP contribution in [0.2, 0.25) is 0 Å². The largest absolute Gasteiger partial charge is 0.331 e. The van der Waals surface area contributed by atoms with Crippen molar-refractivity contribution in [3.05, 3.63) is 12.2 Å². The molecule has 1 saturated carbocycles. The highest BCUT2D eigenvalue weighted by atomic mass is 16.7. The lowest BCUT2D eigenvalue weighted by Crippen LogP contribution is -2.34. The Morgan fingerprint density at radius 1 is 1.25 bits per heavy atom. The Labute approximate surface area is 92.0 Å². The van der Waals surface area contributed by atoms with Gasteiger partial charge in [-0.2, -0.15) is 0 Å². The molecule has 0 radical (unpaired) electrons. The molecular weight excluding hydrogens is 210 g/mol. The minimum absolute atomic E-state index is 0.145. The summed E-state index contributed by atoms with van der Waals surface area (Å²) >= 11 is 0. The Kier molecular flexibility index (Phi) is 1.75. The zero-order chi connectivity index (χ0) is 11.4. The van der Waals surface area contributed by atoms with Gasteiger partial charge in [-0.1, -0.05) is 12.2 Å². The van der Waals surface area contributed by atoms with Crippen LogP contribution in [-0.4, -0.2) is 22.8 Å². The number of nitrogens with zero attached hydrogens (tertiary/aromatic N) is 1. The third-order valence-electron chi connectivity index (χ3n) is 3.65. The van der Waals surface area contributed by atoms with Gasteiger partial charge < -0.3 is 4.84 Å². The molecule has 1 heterocycles. The van der Waals surface area contributed by atoms with Gasteiger partial charge in [0, 0.05) is 6.92 Å². The Balaban J connectivity index is 1.91. The third-order valence-corrected chi connectivity index (χ3v) is 3.65. The Morgan fingerprint density at radius 3 is 2.19 bits per heavy atom. The van der Waals surface area contributed by atoms with Crippen LogP contribution in [0.4, 0.5) is 0 Å². The molecule has 2 bridgehead atoms. The summed E-state index contributed by atoms with van der Waals surface area (Å²) in [6, 6.07) is 0. The molecule has 1 aliphatic heterocycles. The van der Waals surface area contributed by atoms with Gasteiger partial charge in [-0.3, -0.25) is 9.59 Å². The van der Waals surface area contributed by atoms with Crippen LogP contribution < -0.4 is 0 Å². The molecule has 0 spiro atoms. The van der Waals surface area contributed by atoms with Crippen LogP contribution in [0.1, 0.15) is 13.3 Å². The predicted octanol–water partition coefficient (Wildman–Crippen LogP) is 0.272. The number of rotatable bonds is 1. The van der Waals surface area contributed by atoms with Gasteiger partial charge in [-0.25, -0.2) is 4.79 Å². The van der Waals surface area contributed by atoms with Crippen LogP contribution in [0.5, 0.6) is 0 Å². The lowest BCUT2D eigenvalue weighted by atomic mass is 9.85. The fraction of sp³-hybridized carbons (Fsp3) is 0.545. The molecule has 0 aromatic rings. The number of amides is 2. The van der Waals surface area contributed by atoms with E-state index in [4.69, 9.17) is 0 Å². The summed E-state index contributed by atoms with van der Waals surface area (Å²) in [5, 5.41) is 0.657. The van der Waals surface area contributed by atoms with Gasteiger partial charge in [0.15, 0.2) is 0 Å². The van der Waals surface area contributed by atoms with E-state index in [1.165, 1.54) is 6.92 Å². The number of hydrogen-bond donors (Lipinski definition) is 0. The fourth-order valence-electron chi connectivity index (χ4n) is 3.09. The fourth-order valence-corrected chi connectivity index (χ4v) is 3.09. The van der Waals surface area contributed by atoms with Crippen molar-refractivity contribution in [1.29, 1.82) is 0 Å². The molecular formula is C11H11NO4. The van der Waals surface area contributed by atoms with E-state index >= 15 is 0 Å². The summed E-state index contributed by atoms with van der Waals surface area (Å²) in [6.07, 6.45) is 4.86. The van der Waals surface area contributed by atoms with E-state index in [-0.39, 0.29) is 35.5 Å². The van der Waals surface area contributed by atoms with Crippen molar-refractivity contribution in [3.8, 4) is 0 Å². The first-order valence-electron chi connectivity index (χ1n) is 5.34. The van der Waals surface area contributed by atoms with Crippen LogP contribution in [0, 0.1) is 23.7 Å². The second-order valence-corrected chi connectivity index (χ2v) is 4.55. The number of carbonyl (C=O) groups is 3. The van der Waals surface area contributed by atoms with E-state index in [0.717, 1.165) is 6.42 Å². The normalized spacial score (nSPS) is 39.4. The lowest BCUT2D eigenvalue weighted by molar-refractivity contribution is -0.197. The maximum Gasteiger partial charge on any atom is 0.330 e. The summed E-state index contributed by atoms with van der Waals surface area (Å²) in [7, 11) is 0. The third kappa shape index (κ3) is 1.03. The standard InChI is InChI=1S/C11H11NO4/c1-5(13)16-12-10(14)8-6-2-3-7(4-6)9(8)11(12)15/h2-3,6-9H,4H2,1H3/t6-,7-,8-,9+/m0/s1. The van der Waals surface area contributed by atoms with Gasteiger partial charge in [0.2, 0.25) is 0 Å². The summed E-state index contributed by atoms with van der Waals surface area (Å²) in [5.74, 6) is -1.67. The molecule has 0 aromatic heterocycles. The van der Waals surface area contributed by atoms with Crippen molar-refractivity contribution in [2.45, 2.75) is 13.3 Å². The SMILES string of the molecule is CC(=O)ON1C(=O)[C@@H]2[C@H](C1=O)[C@H]1C=C[C@H]2C1. The molecule has 2 fully saturated rings. The second kappa shape index (κ2) is 2.93. The summed E-state index contributed by atoms with van der Waals surface area (Å²) < 4.78 is 0. The maximum absolute atomic E-state index is 11.9. The molecule has 2 aliphatic carbocycles. The molecule has 16 heavy (non-hydrogen) atoms. The monoisotopic (exact) mass is 221 g/mol. The molecule has 0 aromatic carbocycles.